The highest BCUT2D eigenvalue weighted by molar-refractivity contribution is 7.85. The average Bonchev–Trinajstić information content (AvgIpc) is 2.68. The highest BCUT2D eigenvalue weighted by Crippen LogP contribution is 2.23. The lowest BCUT2D eigenvalue weighted by Gasteiger charge is -2.14. The molecule has 0 heterocycles. The Kier molecular flexibility index (Phi) is 6.93. The van der Waals surface area contributed by atoms with Crippen LogP contribution >= 0.6 is 0 Å². The number of amides is 1. The third-order valence-electron chi connectivity index (χ3n) is 4.12. The second kappa shape index (κ2) is 9.17. The predicted octanol–water partition coefficient (Wildman–Crippen LogP) is 3.52. The topological polar surface area (TPSA) is 119 Å². The average molecular weight is 399 g/mol. The van der Waals surface area contributed by atoms with E-state index < -0.39 is 16.0 Å². The molecule has 0 saturated heterocycles. The van der Waals surface area contributed by atoms with Crippen LogP contribution in [0.15, 0.2) is 59.1 Å². The molecule has 0 aliphatic rings. The van der Waals surface area contributed by atoms with E-state index in [0.29, 0.717) is 11.4 Å². The molecule has 0 spiro atoms. The Hall–Kier alpha value is -3.15. The molecule has 0 fully saturated rings. The van der Waals surface area contributed by atoms with Crippen LogP contribution in [-0.2, 0) is 27.8 Å². The maximum Gasteiger partial charge on any atom is 0.294 e. The fourth-order valence-corrected chi connectivity index (χ4v) is 3.16. The van der Waals surface area contributed by atoms with Gasteiger partial charge in [0.25, 0.3) is 16.0 Å². The van der Waals surface area contributed by atoms with Gasteiger partial charge in [0, 0.05) is 17.6 Å². The van der Waals surface area contributed by atoms with Gasteiger partial charge in [0.05, 0.1) is 4.90 Å². The van der Waals surface area contributed by atoms with Crippen molar-refractivity contribution in [2.75, 3.05) is 10.6 Å². The van der Waals surface area contributed by atoms with E-state index in [9.17, 15) is 18.5 Å². The van der Waals surface area contributed by atoms with Crippen molar-refractivity contribution < 1.29 is 17.8 Å². The number of carbonyl (C=O) groups excluding carboxylic acids is 1. The number of hydrogen-bond acceptors (Lipinski definition) is 5. The molecule has 3 N–H and O–H groups in total. The van der Waals surface area contributed by atoms with E-state index in [0.717, 1.165) is 24.0 Å². The molecule has 0 unspecified atom stereocenters. The number of anilines is 2. The van der Waals surface area contributed by atoms with Crippen molar-refractivity contribution in [3.63, 3.8) is 0 Å². The number of aryl methyl sites for hydroxylation is 2. The number of nitrogens with zero attached hydrogens (tertiary/aromatic N) is 1. The molecular formula is C20H21N3O4S. The van der Waals surface area contributed by atoms with Crippen molar-refractivity contribution in [3.05, 3.63) is 65.4 Å². The predicted molar refractivity (Wildman–Crippen MR) is 107 cm³/mol. The van der Waals surface area contributed by atoms with E-state index in [1.165, 1.54) is 24.4 Å². The van der Waals surface area contributed by atoms with Gasteiger partial charge in [-0.3, -0.25) is 9.35 Å². The highest BCUT2D eigenvalue weighted by atomic mass is 32.2. The van der Waals surface area contributed by atoms with Gasteiger partial charge in [0.2, 0.25) is 0 Å². The summed E-state index contributed by atoms with van der Waals surface area (Å²) in [7, 11) is -4.35. The standard InChI is InChI=1S/C20H21N3O4S/c1-3-14-7-5-8-15(4-2)19(14)23-20(24)16(12-21)13-22-17-9-6-10-18(11-17)28(25,26)27/h5-11,13,22H,3-4H2,1-2H3,(H,23,24)(H,25,26,27)/b16-13-. The Morgan fingerprint density at radius 2 is 1.75 bits per heavy atom. The van der Waals surface area contributed by atoms with Crippen LogP contribution in [0.1, 0.15) is 25.0 Å². The Morgan fingerprint density at radius 3 is 2.29 bits per heavy atom. The number of rotatable bonds is 7. The lowest BCUT2D eigenvalue weighted by Crippen LogP contribution is -2.17. The van der Waals surface area contributed by atoms with E-state index in [1.54, 1.807) is 6.07 Å². The van der Waals surface area contributed by atoms with Gasteiger partial charge in [0.15, 0.2) is 0 Å². The number of nitrogens with one attached hydrogen (secondary N) is 2. The summed E-state index contributed by atoms with van der Waals surface area (Å²) in [6, 6.07) is 13.0. The first-order valence-electron chi connectivity index (χ1n) is 8.66. The summed E-state index contributed by atoms with van der Waals surface area (Å²) in [6.45, 7) is 3.96. The van der Waals surface area contributed by atoms with Crippen LogP contribution < -0.4 is 10.6 Å². The summed E-state index contributed by atoms with van der Waals surface area (Å²) in [5.41, 5.74) is 2.77. The van der Waals surface area contributed by atoms with Gasteiger partial charge in [-0.05, 0) is 42.2 Å². The Bertz CT molecular complexity index is 1030. The van der Waals surface area contributed by atoms with Crippen molar-refractivity contribution in [2.24, 2.45) is 0 Å². The molecule has 8 heteroatoms. The first-order chi connectivity index (χ1) is 13.3. The molecule has 2 rings (SSSR count). The fourth-order valence-electron chi connectivity index (χ4n) is 2.63. The smallest absolute Gasteiger partial charge is 0.294 e. The normalized spacial score (nSPS) is 11.6. The number of para-hydroxylation sites is 1. The van der Waals surface area contributed by atoms with E-state index in [2.05, 4.69) is 10.6 Å². The van der Waals surface area contributed by atoms with Crippen molar-refractivity contribution in [3.8, 4) is 6.07 Å². The summed E-state index contributed by atoms with van der Waals surface area (Å²) in [5.74, 6) is -0.573. The Morgan fingerprint density at radius 1 is 1.14 bits per heavy atom. The molecule has 146 valence electrons. The summed E-state index contributed by atoms with van der Waals surface area (Å²) >= 11 is 0. The molecule has 2 aromatic rings. The lowest BCUT2D eigenvalue weighted by atomic mass is 10.0. The largest absolute Gasteiger partial charge is 0.360 e. The van der Waals surface area contributed by atoms with Crippen LogP contribution in [0.3, 0.4) is 0 Å². The van der Waals surface area contributed by atoms with Crippen LogP contribution in [0.25, 0.3) is 0 Å². The second-order valence-corrected chi connectivity index (χ2v) is 7.35. The van der Waals surface area contributed by atoms with Crippen LogP contribution in [0.2, 0.25) is 0 Å². The zero-order valence-electron chi connectivity index (χ0n) is 15.6. The summed E-state index contributed by atoms with van der Waals surface area (Å²) in [4.78, 5) is 12.3. The zero-order valence-corrected chi connectivity index (χ0v) is 16.4. The number of hydrogen-bond donors (Lipinski definition) is 3. The SMILES string of the molecule is CCc1cccc(CC)c1NC(=O)/C(C#N)=C\Nc1cccc(S(=O)(=O)O)c1. The van der Waals surface area contributed by atoms with Gasteiger partial charge < -0.3 is 10.6 Å². The highest BCUT2D eigenvalue weighted by Gasteiger charge is 2.14. The quantitative estimate of drug-likeness (QED) is 0.372. The van der Waals surface area contributed by atoms with Crippen LogP contribution in [-0.4, -0.2) is 18.9 Å². The fraction of sp³-hybridized carbons (Fsp3) is 0.200. The van der Waals surface area contributed by atoms with Gasteiger partial charge in [0.1, 0.15) is 11.6 Å². The maximum absolute atomic E-state index is 12.5. The molecule has 7 nitrogen and oxygen atoms in total. The first-order valence-corrected chi connectivity index (χ1v) is 10.1. The molecule has 28 heavy (non-hydrogen) atoms. The molecule has 1 amide bonds. The maximum atomic E-state index is 12.5. The zero-order chi connectivity index (χ0) is 20.7. The van der Waals surface area contributed by atoms with Gasteiger partial charge in [-0.15, -0.1) is 0 Å². The number of carbonyl (C=O) groups is 1. The summed E-state index contributed by atoms with van der Waals surface area (Å²) < 4.78 is 31.5. The molecular weight excluding hydrogens is 378 g/mol. The number of nitriles is 1. The molecule has 0 aromatic heterocycles. The third kappa shape index (κ3) is 5.19. The lowest BCUT2D eigenvalue weighted by molar-refractivity contribution is -0.112. The molecule has 0 saturated carbocycles. The Balaban J connectivity index is 2.25. The summed E-state index contributed by atoms with van der Waals surface area (Å²) in [5, 5.41) is 14.8. The first kappa shape index (κ1) is 21.2. The monoisotopic (exact) mass is 399 g/mol. The minimum Gasteiger partial charge on any atom is -0.360 e. The molecule has 0 aliphatic carbocycles. The molecule has 2 aromatic carbocycles. The van der Waals surface area contributed by atoms with E-state index in [4.69, 9.17) is 4.55 Å². The molecule has 0 radical (unpaired) electrons. The van der Waals surface area contributed by atoms with Gasteiger partial charge >= 0.3 is 0 Å². The van der Waals surface area contributed by atoms with E-state index in [-0.39, 0.29) is 10.5 Å². The molecule has 0 atom stereocenters. The minimum absolute atomic E-state index is 0.176. The van der Waals surface area contributed by atoms with Gasteiger partial charge in [-0.25, -0.2) is 0 Å². The Labute approximate surface area is 164 Å². The van der Waals surface area contributed by atoms with E-state index >= 15 is 0 Å². The van der Waals surface area contributed by atoms with E-state index in [1.807, 2.05) is 38.1 Å². The van der Waals surface area contributed by atoms with Crippen molar-refractivity contribution in [2.45, 2.75) is 31.6 Å². The third-order valence-corrected chi connectivity index (χ3v) is 4.97. The molecule has 0 bridgehead atoms. The summed E-state index contributed by atoms with van der Waals surface area (Å²) in [6.07, 6.45) is 2.66. The van der Waals surface area contributed by atoms with Gasteiger partial charge in [-0.1, -0.05) is 38.1 Å². The van der Waals surface area contributed by atoms with Gasteiger partial charge in [-0.2, -0.15) is 13.7 Å². The van der Waals surface area contributed by atoms with Crippen LogP contribution in [0.4, 0.5) is 11.4 Å². The van der Waals surface area contributed by atoms with Crippen molar-refractivity contribution in [1.29, 1.82) is 5.26 Å². The minimum atomic E-state index is -4.35. The molecule has 0 aliphatic heterocycles. The van der Waals surface area contributed by atoms with Crippen molar-refractivity contribution >= 4 is 27.4 Å². The van der Waals surface area contributed by atoms with Crippen molar-refractivity contribution in [1.82, 2.24) is 0 Å². The van der Waals surface area contributed by atoms with Crippen LogP contribution in [0.5, 0.6) is 0 Å². The number of benzene rings is 2. The second-order valence-electron chi connectivity index (χ2n) is 5.93. The van der Waals surface area contributed by atoms with Crippen LogP contribution in [0, 0.1) is 11.3 Å².